The van der Waals surface area contributed by atoms with Gasteiger partial charge in [-0.25, -0.2) is 13.6 Å². The molecule has 0 saturated carbocycles. The Balaban J connectivity index is 2.84. The third-order valence-electron chi connectivity index (χ3n) is 2.53. The fourth-order valence-electron chi connectivity index (χ4n) is 1.18. The zero-order chi connectivity index (χ0) is 13.1. The summed E-state index contributed by atoms with van der Waals surface area (Å²) in [6.07, 6.45) is 1.11. The van der Waals surface area contributed by atoms with Gasteiger partial charge in [-0.1, -0.05) is 20.3 Å². The lowest BCUT2D eigenvalue weighted by Crippen LogP contribution is -2.12. The largest absolute Gasteiger partial charge is 0.398 e. The van der Waals surface area contributed by atoms with Gasteiger partial charge in [0, 0.05) is 16.3 Å². The van der Waals surface area contributed by atoms with Crippen LogP contribution < -0.4 is 10.9 Å². The Kier molecular flexibility index (Phi) is 4.85. The SMILES string of the molecule is CCC(C)CSc1ccc(S(N)(=O)=O)cc1N. The lowest BCUT2D eigenvalue weighted by atomic mass is 10.2. The molecule has 0 heterocycles. The first-order valence-electron chi connectivity index (χ1n) is 5.39. The van der Waals surface area contributed by atoms with Crippen LogP contribution in [0.4, 0.5) is 5.69 Å². The number of thioether (sulfide) groups is 1. The minimum Gasteiger partial charge on any atom is -0.398 e. The predicted octanol–water partition coefficient (Wildman–Crippen LogP) is 2.05. The maximum atomic E-state index is 11.1. The summed E-state index contributed by atoms with van der Waals surface area (Å²) in [5.41, 5.74) is 6.27. The Morgan fingerprint density at radius 1 is 1.41 bits per heavy atom. The molecule has 1 aromatic rings. The summed E-state index contributed by atoms with van der Waals surface area (Å²) in [7, 11) is -3.67. The van der Waals surface area contributed by atoms with Gasteiger partial charge in [-0.2, -0.15) is 0 Å². The quantitative estimate of drug-likeness (QED) is 0.635. The third-order valence-corrected chi connectivity index (χ3v) is 4.86. The minimum absolute atomic E-state index is 0.0582. The van der Waals surface area contributed by atoms with Crippen molar-refractivity contribution in [3.63, 3.8) is 0 Å². The molecule has 1 aromatic carbocycles. The zero-order valence-corrected chi connectivity index (χ0v) is 11.6. The van der Waals surface area contributed by atoms with Crippen molar-refractivity contribution in [1.82, 2.24) is 0 Å². The van der Waals surface area contributed by atoms with E-state index in [0.717, 1.165) is 17.1 Å². The van der Waals surface area contributed by atoms with Crippen LogP contribution in [0.5, 0.6) is 0 Å². The Labute approximate surface area is 107 Å². The van der Waals surface area contributed by atoms with Gasteiger partial charge in [0.2, 0.25) is 10.0 Å². The van der Waals surface area contributed by atoms with Crippen LogP contribution in [0.1, 0.15) is 20.3 Å². The molecule has 0 spiro atoms. The molecular formula is C11H18N2O2S2. The van der Waals surface area contributed by atoms with Crippen LogP contribution in [0.2, 0.25) is 0 Å². The van der Waals surface area contributed by atoms with E-state index in [2.05, 4.69) is 13.8 Å². The number of anilines is 1. The summed E-state index contributed by atoms with van der Waals surface area (Å²) in [5.74, 6) is 1.58. The average molecular weight is 274 g/mol. The van der Waals surface area contributed by atoms with Gasteiger partial charge in [-0.05, 0) is 24.1 Å². The van der Waals surface area contributed by atoms with Crippen LogP contribution in [-0.2, 0) is 10.0 Å². The fourth-order valence-corrected chi connectivity index (χ4v) is 2.82. The van der Waals surface area contributed by atoms with E-state index in [1.165, 1.54) is 12.1 Å². The van der Waals surface area contributed by atoms with E-state index in [9.17, 15) is 8.42 Å². The van der Waals surface area contributed by atoms with Gasteiger partial charge in [0.05, 0.1) is 4.90 Å². The van der Waals surface area contributed by atoms with Crippen molar-refractivity contribution >= 4 is 27.5 Å². The monoisotopic (exact) mass is 274 g/mol. The molecule has 0 bridgehead atoms. The first-order chi connectivity index (χ1) is 7.84. The summed E-state index contributed by atoms with van der Waals surface area (Å²) < 4.78 is 22.2. The molecule has 0 fully saturated rings. The van der Waals surface area contributed by atoms with Crippen molar-refractivity contribution in [3.05, 3.63) is 18.2 Å². The van der Waals surface area contributed by atoms with Crippen LogP contribution in [-0.4, -0.2) is 14.2 Å². The lowest BCUT2D eigenvalue weighted by Gasteiger charge is -2.10. The Bertz CT molecular complexity index is 486. The fraction of sp³-hybridized carbons (Fsp3) is 0.455. The maximum absolute atomic E-state index is 11.1. The topological polar surface area (TPSA) is 86.2 Å². The number of primary sulfonamides is 1. The highest BCUT2D eigenvalue weighted by Gasteiger charge is 2.10. The van der Waals surface area contributed by atoms with E-state index < -0.39 is 10.0 Å². The molecule has 6 heteroatoms. The van der Waals surface area contributed by atoms with E-state index in [1.807, 2.05) is 0 Å². The van der Waals surface area contributed by atoms with Gasteiger partial charge >= 0.3 is 0 Å². The summed E-state index contributed by atoms with van der Waals surface area (Å²) >= 11 is 1.64. The molecule has 0 aromatic heterocycles. The predicted molar refractivity (Wildman–Crippen MR) is 72.4 cm³/mol. The highest BCUT2D eigenvalue weighted by Crippen LogP contribution is 2.29. The summed E-state index contributed by atoms with van der Waals surface area (Å²) in [6.45, 7) is 4.31. The summed E-state index contributed by atoms with van der Waals surface area (Å²) in [5, 5.41) is 5.03. The van der Waals surface area contributed by atoms with Crippen LogP contribution in [0, 0.1) is 5.92 Å². The van der Waals surface area contributed by atoms with Crippen LogP contribution in [0.25, 0.3) is 0 Å². The Morgan fingerprint density at radius 3 is 2.53 bits per heavy atom. The van der Waals surface area contributed by atoms with E-state index in [1.54, 1.807) is 17.8 Å². The first-order valence-corrected chi connectivity index (χ1v) is 7.93. The van der Waals surface area contributed by atoms with Crippen molar-refractivity contribution in [3.8, 4) is 0 Å². The van der Waals surface area contributed by atoms with Crippen LogP contribution in [0.3, 0.4) is 0 Å². The number of benzene rings is 1. The molecule has 17 heavy (non-hydrogen) atoms. The van der Waals surface area contributed by atoms with Crippen molar-refractivity contribution in [2.24, 2.45) is 11.1 Å². The number of rotatable bonds is 5. The molecule has 1 atom stereocenters. The molecule has 0 amide bonds. The highest BCUT2D eigenvalue weighted by atomic mass is 32.2. The molecule has 0 aliphatic heterocycles. The standard InChI is InChI=1S/C11H18N2O2S2/c1-3-8(2)7-16-11-5-4-9(6-10(11)12)17(13,14)15/h4-6,8H,3,7,12H2,1-2H3,(H2,13,14,15). The third kappa shape index (κ3) is 4.22. The molecule has 0 aliphatic carbocycles. The summed E-state index contributed by atoms with van der Waals surface area (Å²) in [4.78, 5) is 0.959. The molecule has 0 aliphatic rings. The molecular weight excluding hydrogens is 256 g/mol. The molecule has 4 N–H and O–H groups in total. The minimum atomic E-state index is -3.67. The smallest absolute Gasteiger partial charge is 0.238 e. The number of nitrogens with two attached hydrogens (primary N) is 2. The number of hydrogen-bond donors (Lipinski definition) is 2. The summed E-state index contributed by atoms with van der Waals surface area (Å²) in [6, 6.07) is 4.61. The van der Waals surface area contributed by atoms with Crippen molar-refractivity contribution in [1.29, 1.82) is 0 Å². The van der Waals surface area contributed by atoms with Gasteiger partial charge in [-0.3, -0.25) is 0 Å². The van der Waals surface area contributed by atoms with Gasteiger partial charge in [0.25, 0.3) is 0 Å². The normalized spacial score (nSPS) is 13.6. The molecule has 1 unspecified atom stereocenters. The molecule has 1 rings (SSSR count). The van der Waals surface area contributed by atoms with Crippen molar-refractivity contribution in [2.75, 3.05) is 11.5 Å². The van der Waals surface area contributed by atoms with Gasteiger partial charge < -0.3 is 5.73 Å². The number of sulfonamides is 1. The maximum Gasteiger partial charge on any atom is 0.238 e. The van der Waals surface area contributed by atoms with E-state index in [-0.39, 0.29) is 4.90 Å². The average Bonchev–Trinajstić information content (AvgIpc) is 2.25. The van der Waals surface area contributed by atoms with E-state index in [0.29, 0.717) is 11.6 Å². The van der Waals surface area contributed by atoms with Crippen molar-refractivity contribution < 1.29 is 8.42 Å². The number of nitrogen functional groups attached to an aromatic ring is 1. The highest BCUT2D eigenvalue weighted by molar-refractivity contribution is 7.99. The van der Waals surface area contributed by atoms with Crippen LogP contribution in [0.15, 0.2) is 28.0 Å². The zero-order valence-electron chi connectivity index (χ0n) is 10.0. The molecule has 0 saturated heterocycles. The Hall–Kier alpha value is -0.720. The molecule has 96 valence electrons. The number of hydrogen-bond acceptors (Lipinski definition) is 4. The molecule has 0 radical (unpaired) electrons. The van der Waals surface area contributed by atoms with E-state index >= 15 is 0 Å². The van der Waals surface area contributed by atoms with Gasteiger partial charge in [0.15, 0.2) is 0 Å². The van der Waals surface area contributed by atoms with Crippen LogP contribution >= 0.6 is 11.8 Å². The van der Waals surface area contributed by atoms with Gasteiger partial charge in [-0.15, -0.1) is 11.8 Å². The first kappa shape index (κ1) is 14.3. The Morgan fingerprint density at radius 2 is 2.06 bits per heavy atom. The van der Waals surface area contributed by atoms with E-state index in [4.69, 9.17) is 10.9 Å². The second-order valence-corrected chi connectivity index (χ2v) is 6.69. The van der Waals surface area contributed by atoms with Gasteiger partial charge in [0.1, 0.15) is 0 Å². The molecule has 4 nitrogen and oxygen atoms in total. The second kappa shape index (κ2) is 5.75. The second-order valence-electron chi connectivity index (χ2n) is 4.07. The lowest BCUT2D eigenvalue weighted by molar-refractivity contribution is 0.597. The van der Waals surface area contributed by atoms with Crippen molar-refractivity contribution in [2.45, 2.75) is 30.1 Å².